The van der Waals surface area contributed by atoms with Gasteiger partial charge < -0.3 is 0 Å². The van der Waals surface area contributed by atoms with Gasteiger partial charge in [0, 0.05) is 0 Å². The van der Waals surface area contributed by atoms with Crippen LogP contribution in [-0.4, -0.2) is 33.7 Å². The first kappa shape index (κ1) is 14.5. The van der Waals surface area contributed by atoms with E-state index in [0.717, 1.165) is 27.2 Å². The van der Waals surface area contributed by atoms with Crippen molar-refractivity contribution in [3.05, 3.63) is 0 Å². The second-order valence-electron chi connectivity index (χ2n) is 6.42. The van der Waals surface area contributed by atoms with Crippen molar-refractivity contribution in [1.29, 1.82) is 0 Å². The quantitative estimate of drug-likeness (QED) is 0.678. The predicted octanol–water partition coefficient (Wildman–Crippen LogP) is 3.24. The van der Waals surface area contributed by atoms with E-state index >= 15 is 0 Å². The topological polar surface area (TPSA) is 0 Å². The molecule has 2 fully saturated rings. The van der Waals surface area contributed by atoms with Crippen LogP contribution in [0.1, 0.15) is 64.7 Å². The third-order valence-electron chi connectivity index (χ3n) is 5.32. The molecule has 2 saturated carbocycles. The Morgan fingerprint density at radius 3 is 1.41 bits per heavy atom. The summed E-state index contributed by atoms with van der Waals surface area (Å²) in [7, 11) is 0. The average Bonchev–Trinajstić information content (AvgIpc) is 2.35. The maximum atomic E-state index is 2.45. The molecule has 0 aromatic rings. The molecule has 2 aliphatic rings. The number of hydrogen-bond donors (Lipinski definition) is 0. The molecule has 0 aliphatic heterocycles. The van der Waals surface area contributed by atoms with Gasteiger partial charge in [0.05, 0.1) is 0 Å². The van der Waals surface area contributed by atoms with Crippen LogP contribution in [0.3, 0.4) is 0 Å². The standard InChI is InChI=1S/C15H30As2/c1-2-15(11-3-7-13(16)8-4-11)12-5-9-14(17)10-6-12/h11-15H,2-10,16-17H2,1H3. The van der Waals surface area contributed by atoms with Crippen LogP contribution >= 0.6 is 0 Å². The van der Waals surface area contributed by atoms with E-state index in [0.29, 0.717) is 0 Å². The SMILES string of the molecule is CCC(C1CCC([AsH2])CC1)C1CCC([AsH2])CC1. The zero-order chi connectivity index (χ0) is 12.3. The van der Waals surface area contributed by atoms with E-state index < -0.39 is 0 Å². The molecule has 0 radical (unpaired) electrons. The Labute approximate surface area is 125 Å². The molecule has 0 nitrogen and oxygen atoms in total. The third-order valence-corrected chi connectivity index (χ3v) is 8.11. The predicted molar refractivity (Wildman–Crippen MR) is 82.3 cm³/mol. The molecule has 0 aromatic carbocycles. The van der Waals surface area contributed by atoms with E-state index in [1.807, 2.05) is 33.7 Å². The van der Waals surface area contributed by atoms with Crippen LogP contribution < -0.4 is 0 Å². The van der Waals surface area contributed by atoms with Gasteiger partial charge in [-0.05, 0) is 0 Å². The first-order chi connectivity index (χ1) is 8.20. The monoisotopic (exact) mass is 360 g/mol. The van der Waals surface area contributed by atoms with Crippen molar-refractivity contribution in [2.45, 2.75) is 74.1 Å². The van der Waals surface area contributed by atoms with Crippen LogP contribution in [0.2, 0.25) is 9.41 Å². The Morgan fingerprint density at radius 1 is 0.765 bits per heavy atom. The molecule has 17 heavy (non-hydrogen) atoms. The van der Waals surface area contributed by atoms with Crippen molar-refractivity contribution in [3.63, 3.8) is 0 Å². The summed E-state index contributed by atoms with van der Waals surface area (Å²) in [6, 6.07) is 0. The van der Waals surface area contributed by atoms with Crippen molar-refractivity contribution in [1.82, 2.24) is 0 Å². The fraction of sp³-hybridized carbons (Fsp3) is 1.00. The normalized spacial score (nSPS) is 41.1. The van der Waals surface area contributed by atoms with Crippen LogP contribution in [0, 0.1) is 17.8 Å². The fourth-order valence-electron chi connectivity index (χ4n) is 4.20. The molecule has 2 heteroatoms. The molecule has 0 spiro atoms. The third kappa shape index (κ3) is 4.04. The zero-order valence-electron chi connectivity index (χ0n) is 11.4. The van der Waals surface area contributed by atoms with Gasteiger partial charge in [-0.2, -0.15) is 0 Å². The van der Waals surface area contributed by atoms with Crippen LogP contribution in [0.4, 0.5) is 0 Å². The molecule has 2 unspecified atom stereocenters. The molecule has 2 atom stereocenters. The second kappa shape index (κ2) is 7.05. The summed E-state index contributed by atoms with van der Waals surface area (Å²) in [5.41, 5.74) is 0. The summed E-state index contributed by atoms with van der Waals surface area (Å²) >= 11 is 3.99. The van der Waals surface area contributed by atoms with Crippen LogP contribution in [0.15, 0.2) is 0 Å². The molecule has 0 saturated heterocycles. The van der Waals surface area contributed by atoms with Gasteiger partial charge in [-0.3, -0.25) is 0 Å². The van der Waals surface area contributed by atoms with Crippen molar-refractivity contribution in [2.75, 3.05) is 0 Å². The summed E-state index contributed by atoms with van der Waals surface area (Å²) < 4.78 is 2.15. The second-order valence-corrected chi connectivity index (χ2v) is 10.4. The summed E-state index contributed by atoms with van der Waals surface area (Å²) in [5.74, 6) is 3.27. The Bertz CT molecular complexity index is 191. The Balaban J connectivity index is 1.87. The van der Waals surface area contributed by atoms with Gasteiger partial charge in [0.1, 0.15) is 0 Å². The van der Waals surface area contributed by atoms with Gasteiger partial charge in [-0.15, -0.1) is 0 Å². The van der Waals surface area contributed by atoms with E-state index in [4.69, 9.17) is 0 Å². The van der Waals surface area contributed by atoms with Gasteiger partial charge in [-0.25, -0.2) is 0 Å². The van der Waals surface area contributed by atoms with Gasteiger partial charge in [0.15, 0.2) is 0 Å². The molecular weight excluding hydrogens is 330 g/mol. The fourth-order valence-corrected chi connectivity index (χ4v) is 5.81. The van der Waals surface area contributed by atoms with Crippen molar-refractivity contribution >= 4 is 33.7 Å². The molecular formula is C15H30As2. The number of rotatable bonds is 3. The summed E-state index contributed by atoms with van der Waals surface area (Å²) in [6.07, 6.45) is 13.8. The first-order valence-corrected chi connectivity index (χ1v) is 10.5. The van der Waals surface area contributed by atoms with Crippen LogP contribution in [0.5, 0.6) is 0 Å². The molecule has 100 valence electrons. The Morgan fingerprint density at radius 2 is 1.12 bits per heavy atom. The van der Waals surface area contributed by atoms with Crippen molar-refractivity contribution in [3.8, 4) is 0 Å². The summed E-state index contributed by atoms with van der Waals surface area (Å²) in [5, 5.41) is 0. The molecule has 0 N–H and O–H groups in total. The van der Waals surface area contributed by atoms with Gasteiger partial charge in [-0.1, -0.05) is 0 Å². The summed E-state index contributed by atoms with van der Waals surface area (Å²) in [4.78, 5) is 0. The number of hydrogen-bond acceptors (Lipinski definition) is 0. The minimum atomic E-state index is 1.07. The Hall–Kier alpha value is 1.12. The minimum absolute atomic E-state index is 1.07. The van der Waals surface area contributed by atoms with E-state index in [1.165, 1.54) is 32.1 Å². The average molecular weight is 360 g/mol. The molecule has 0 bridgehead atoms. The summed E-state index contributed by atoms with van der Waals surface area (Å²) in [6.45, 7) is 2.45. The van der Waals surface area contributed by atoms with E-state index in [1.54, 1.807) is 25.7 Å². The van der Waals surface area contributed by atoms with E-state index in [9.17, 15) is 0 Å². The van der Waals surface area contributed by atoms with Gasteiger partial charge >= 0.3 is 126 Å². The maximum absolute atomic E-state index is 2.45. The van der Waals surface area contributed by atoms with Crippen LogP contribution in [-0.2, 0) is 0 Å². The Kier molecular flexibility index (Phi) is 6.02. The zero-order valence-corrected chi connectivity index (χ0v) is 16.3. The molecule has 2 aliphatic carbocycles. The molecule has 0 amide bonds. The molecule has 0 aromatic heterocycles. The van der Waals surface area contributed by atoms with Gasteiger partial charge in [0.25, 0.3) is 0 Å². The molecule has 2 rings (SSSR count). The first-order valence-electron chi connectivity index (χ1n) is 7.71. The van der Waals surface area contributed by atoms with E-state index in [-0.39, 0.29) is 0 Å². The van der Waals surface area contributed by atoms with Crippen molar-refractivity contribution in [2.24, 2.45) is 17.8 Å². The van der Waals surface area contributed by atoms with Gasteiger partial charge in [0.2, 0.25) is 0 Å². The van der Waals surface area contributed by atoms with Crippen LogP contribution in [0.25, 0.3) is 0 Å². The van der Waals surface area contributed by atoms with Crippen molar-refractivity contribution < 1.29 is 0 Å². The van der Waals surface area contributed by atoms with E-state index in [2.05, 4.69) is 6.92 Å². The molecule has 0 heterocycles.